The zero-order valence-electron chi connectivity index (χ0n) is 10.9. The third-order valence-electron chi connectivity index (χ3n) is 3.36. The smallest absolute Gasteiger partial charge is 0.340 e. The molecule has 2 aliphatic heterocycles. The Kier molecular flexibility index (Phi) is 3.08. The molecule has 2 aliphatic rings. The highest BCUT2D eigenvalue weighted by Gasteiger charge is 2.63. The van der Waals surface area contributed by atoms with Crippen LogP contribution in [-0.2, 0) is 28.7 Å². The quantitative estimate of drug-likeness (QED) is 0.655. The van der Waals surface area contributed by atoms with E-state index in [0.29, 0.717) is 6.42 Å². The van der Waals surface area contributed by atoms with E-state index in [0.717, 1.165) is 0 Å². The summed E-state index contributed by atoms with van der Waals surface area (Å²) in [6.45, 7) is 4.99. The molecule has 102 valence electrons. The lowest BCUT2D eigenvalue weighted by atomic mass is 9.85. The van der Waals surface area contributed by atoms with Gasteiger partial charge in [0, 0.05) is 13.3 Å². The molecule has 0 aliphatic carbocycles. The van der Waals surface area contributed by atoms with Crippen molar-refractivity contribution in [1.82, 2.24) is 5.23 Å². The Bertz CT molecular complexity index is 386. The van der Waals surface area contributed by atoms with Gasteiger partial charge in [0.15, 0.2) is 5.60 Å². The number of nitrogens with zero attached hydrogens (tertiary/aromatic N) is 1. The van der Waals surface area contributed by atoms with Gasteiger partial charge in [-0.15, -0.1) is 0 Å². The molecule has 2 rings (SSSR count). The van der Waals surface area contributed by atoms with Gasteiger partial charge in [-0.25, -0.2) is 4.79 Å². The maximum Gasteiger partial charge on any atom is 0.340 e. The summed E-state index contributed by atoms with van der Waals surface area (Å²) in [7, 11) is 1.30. The molecule has 2 heterocycles. The molecule has 0 aromatic heterocycles. The monoisotopic (exact) mass is 259 g/mol. The first-order valence-corrected chi connectivity index (χ1v) is 5.70. The van der Waals surface area contributed by atoms with E-state index >= 15 is 0 Å². The fourth-order valence-electron chi connectivity index (χ4n) is 2.47. The Morgan fingerprint density at radius 1 is 1.39 bits per heavy atom. The molecule has 18 heavy (non-hydrogen) atoms. The standard InChI is InChI=1S/C11H17NO6/c1-7(13)17-8-5-16-12-10(8,2)6-11(3,18-12)9(14)15-4/h8H,5-6H2,1-4H3. The van der Waals surface area contributed by atoms with Crippen LogP contribution < -0.4 is 0 Å². The highest BCUT2D eigenvalue weighted by Crippen LogP contribution is 2.45. The first-order chi connectivity index (χ1) is 8.32. The van der Waals surface area contributed by atoms with Crippen LogP contribution in [0.5, 0.6) is 0 Å². The van der Waals surface area contributed by atoms with E-state index in [4.69, 9.17) is 19.1 Å². The van der Waals surface area contributed by atoms with E-state index in [1.54, 1.807) is 6.92 Å². The molecular formula is C11H17NO6. The fraction of sp³-hybridized carbons (Fsp3) is 0.818. The van der Waals surface area contributed by atoms with Crippen molar-refractivity contribution >= 4 is 11.9 Å². The minimum absolute atomic E-state index is 0.216. The van der Waals surface area contributed by atoms with Crippen LogP contribution in [0, 0.1) is 0 Å². The van der Waals surface area contributed by atoms with Crippen LogP contribution in [0.4, 0.5) is 0 Å². The van der Waals surface area contributed by atoms with Gasteiger partial charge in [0.2, 0.25) is 0 Å². The number of hydroxylamine groups is 2. The molecule has 0 bridgehead atoms. The number of methoxy groups -OCH3 is 1. The maximum atomic E-state index is 11.7. The van der Waals surface area contributed by atoms with Crippen molar-refractivity contribution in [2.24, 2.45) is 0 Å². The molecule has 7 nitrogen and oxygen atoms in total. The van der Waals surface area contributed by atoms with Gasteiger partial charge in [0.1, 0.15) is 18.2 Å². The van der Waals surface area contributed by atoms with E-state index < -0.39 is 29.2 Å². The normalized spacial score (nSPS) is 39.4. The second kappa shape index (κ2) is 4.18. The second-order valence-corrected chi connectivity index (χ2v) is 5.00. The summed E-state index contributed by atoms with van der Waals surface area (Å²) >= 11 is 0. The first-order valence-electron chi connectivity index (χ1n) is 5.70. The zero-order valence-corrected chi connectivity index (χ0v) is 10.9. The number of rotatable bonds is 2. The predicted octanol–water partition coefficient (Wildman–Crippen LogP) is 0.191. The molecule has 7 heteroatoms. The van der Waals surface area contributed by atoms with Crippen LogP contribution in [-0.4, -0.2) is 48.1 Å². The average Bonchev–Trinajstić information content (AvgIpc) is 2.70. The highest BCUT2D eigenvalue weighted by molar-refractivity contribution is 5.79. The third-order valence-corrected chi connectivity index (χ3v) is 3.36. The lowest BCUT2D eigenvalue weighted by molar-refractivity contribution is -0.368. The van der Waals surface area contributed by atoms with Gasteiger partial charge in [0.05, 0.1) is 7.11 Å². The van der Waals surface area contributed by atoms with Gasteiger partial charge in [0.25, 0.3) is 0 Å². The molecule has 3 atom stereocenters. The maximum absolute atomic E-state index is 11.7. The summed E-state index contributed by atoms with van der Waals surface area (Å²) in [4.78, 5) is 33.5. The Morgan fingerprint density at radius 3 is 2.61 bits per heavy atom. The van der Waals surface area contributed by atoms with Gasteiger partial charge >= 0.3 is 11.9 Å². The summed E-state index contributed by atoms with van der Waals surface area (Å²) in [6, 6.07) is 0. The zero-order chi connectivity index (χ0) is 13.6. The topological polar surface area (TPSA) is 74.3 Å². The SMILES string of the molecule is COC(=O)C1(C)CC2(C)C(OC(C)=O)CON2O1. The van der Waals surface area contributed by atoms with E-state index in [2.05, 4.69) is 0 Å². The second-order valence-electron chi connectivity index (χ2n) is 5.00. The molecular weight excluding hydrogens is 242 g/mol. The lowest BCUT2D eigenvalue weighted by Gasteiger charge is -2.27. The summed E-state index contributed by atoms with van der Waals surface area (Å²) in [5.74, 6) is -0.873. The van der Waals surface area contributed by atoms with E-state index in [1.165, 1.54) is 19.3 Å². The number of fused-ring (bicyclic) bond motifs is 1. The van der Waals surface area contributed by atoms with Gasteiger partial charge in [-0.3, -0.25) is 14.5 Å². The molecule has 0 N–H and O–H groups in total. The molecule has 0 aromatic rings. The molecule has 0 spiro atoms. The van der Waals surface area contributed by atoms with Crippen molar-refractivity contribution in [3.05, 3.63) is 0 Å². The van der Waals surface area contributed by atoms with Crippen molar-refractivity contribution in [2.45, 2.75) is 44.4 Å². The fourth-order valence-corrected chi connectivity index (χ4v) is 2.47. The Hall–Kier alpha value is -1.18. The van der Waals surface area contributed by atoms with Crippen LogP contribution in [0.1, 0.15) is 27.2 Å². The Morgan fingerprint density at radius 2 is 2.06 bits per heavy atom. The van der Waals surface area contributed by atoms with Gasteiger partial charge < -0.3 is 9.47 Å². The minimum Gasteiger partial charge on any atom is -0.467 e. The summed E-state index contributed by atoms with van der Waals surface area (Å²) in [5.41, 5.74) is -1.81. The molecule has 0 saturated carbocycles. The molecule has 0 aromatic carbocycles. The molecule has 3 unspecified atom stereocenters. The van der Waals surface area contributed by atoms with E-state index in [-0.39, 0.29) is 6.61 Å². The van der Waals surface area contributed by atoms with Crippen molar-refractivity contribution < 1.29 is 28.7 Å². The van der Waals surface area contributed by atoms with Gasteiger partial charge in [-0.2, -0.15) is 0 Å². The Labute approximate surface area is 105 Å². The third kappa shape index (κ3) is 1.88. The van der Waals surface area contributed by atoms with Crippen LogP contribution in [0.15, 0.2) is 0 Å². The molecule has 2 saturated heterocycles. The van der Waals surface area contributed by atoms with Crippen molar-refractivity contribution in [1.29, 1.82) is 0 Å². The number of ether oxygens (including phenoxy) is 2. The number of carbonyl (C=O) groups is 2. The molecule has 0 radical (unpaired) electrons. The van der Waals surface area contributed by atoms with Crippen molar-refractivity contribution in [3.8, 4) is 0 Å². The summed E-state index contributed by atoms with van der Waals surface area (Å²) in [5, 5.41) is 1.25. The van der Waals surface area contributed by atoms with Crippen LogP contribution >= 0.6 is 0 Å². The van der Waals surface area contributed by atoms with Gasteiger partial charge in [-0.1, -0.05) is 5.23 Å². The summed E-state index contributed by atoms with van der Waals surface area (Å²) in [6.07, 6.45) is -0.147. The number of esters is 2. The van der Waals surface area contributed by atoms with Crippen molar-refractivity contribution in [2.75, 3.05) is 13.7 Å². The lowest BCUT2D eigenvalue weighted by Crippen LogP contribution is -2.45. The number of hydrogen-bond donors (Lipinski definition) is 0. The minimum atomic E-state index is -1.12. The highest BCUT2D eigenvalue weighted by atomic mass is 17.0. The summed E-state index contributed by atoms with van der Waals surface area (Å²) < 4.78 is 9.91. The number of hydrogen-bond acceptors (Lipinski definition) is 7. The van der Waals surface area contributed by atoms with Crippen LogP contribution in [0.25, 0.3) is 0 Å². The van der Waals surface area contributed by atoms with Gasteiger partial charge in [-0.05, 0) is 13.8 Å². The van der Waals surface area contributed by atoms with Crippen LogP contribution in [0.3, 0.4) is 0 Å². The average molecular weight is 259 g/mol. The predicted molar refractivity (Wildman–Crippen MR) is 57.9 cm³/mol. The molecule has 0 amide bonds. The molecule has 2 fully saturated rings. The van der Waals surface area contributed by atoms with E-state index in [1.807, 2.05) is 6.92 Å². The van der Waals surface area contributed by atoms with Crippen molar-refractivity contribution in [3.63, 3.8) is 0 Å². The Balaban J connectivity index is 2.19. The van der Waals surface area contributed by atoms with E-state index in [9.17, 15) is 9.59 Å². The largest absolute Gasteiger partial charge is 0.467 e. The number of carbonyl (C=O) groups excluding carboxylic acids is 2. The first kappa shape index (κ1) is 13.3. The van der Waals surface area contributed by atoms with Crippen LogP contribution in [0.2, 0.25) is 0 Å².